The van der Waals surface area contributed by atoms with E-state index in [1.807, 2.05) is 32.0 Å². The lowest BCUT2D eigenvalue weighted by Gasteiger charge is -2.23. The number of methoxy groups -OCH3 is 1. The third kappa shape index (κ3) is 4.94. The molecule has 0 saturated carbocycles. The Bertz CT molecular complexity index is 673. The van der Waals surface area contributed by atoms with E-state index in [-0.39, 0.29) is 24.6 Å². The fraction of sp³-hybridized carbons (Fsp3) is 0.368. The number of hydrogen-bond donors (Lipinski definition) is 2. The second-order valence-electron chi connectivity index (χ2n) is 6.26. The minimum atomic E-state index is -0.354. The standard InChI is InChI=1S/C19H24FNO3/c1-19(2,13-22)21-11-14-8-9-17(18(10-14)23-3)24-12-15-6-4-5-7-16(15)20/h4-10,21-22H,11-13H2,1-3H3. The number of ether oxygens (including phenoxy) is 2. The van der Waals surface area contributed by atoms with Crippen LogP contribution in [0.3, 0.4) is 0 Å². The average Bonchev–Trinajstić information content (AvgIpc) is 2.59. The predicted molar refractivity (Wildman–Crippen MR) is 91.7 cm³/mol. The maximum absolute atomic E-state index is 13.6. The number of aliphatic hydroxyl groups excluding tert-OH is 1. The lowest BCUT2D eigenvalue weighted by atomic mass is 10.1. The molecule has 0 spiro atoms. The van der Waals surface area contributed by atoms with E-state index in [1.54, 1.807) is 25.3 Å². The van der Waals surface area contributed by atoms with Crippen molar-refractivity contribution in [2.45, 2.75) is 32.5 Å². The van der Waals surface area contributed by atoms with Gasteiger partial charge in [0.2, 0.25) is 0 Å². The Morgan fingerprint density at radius 1 is 1.12 bits per heavy atom. The third-order valence-corrected chi connectivity index (χ3v) is 3.74. The molecule has 5 heteroatoms. The van der Waals surface area contributed by atoms with E-state index in [4.69, 9.17) is 9.47 Å². The van der Waals surface area contributed by atoms with Crippen molar-refractivity contribution in [2.24, 2.45) is 0 Å². The molecule has 0 radical (unpaired) electrons. The molecular formula is C19H24FNO3. The number of halogens is 1. The fourth-order valence-electron chi connectivity index (χ4n) is 2.11. The summed E-state index contributed by atoms with van der Waals surface area (Å²) >= 11 is 0. The van der Waals surface area contributed by atoms with Crippen molar-refractivity contribution in [1.82, 2.24) is 5.32 Å². The van der Waals surface area contributed by atoms with Gasteiger partial charge in [0.15, 0.2) is 11.5 Å². The van der Waals surface area contributed by atoms with Gasteiger partial charge in [-0.3, -0.25) is 0 Å². The summed E-state index contributed by atoms with van der Waals surface area (Å²) in [6, 6.07) is 12.1. The highest BCUT2D eigenvalue weighted by Gasteiger charge is 2.15. The minimum Gasteiger partial charge on any atom is -0.493 e. The van der Waals surface area contributed by atoms with Crippen molar-refractivity contribution in [1.29, 1.82) is 0 Å². The Kier molecular flexibility index (Phi) is 6.17. The van der Waals surface area contributed by atoms with Gasteiger partial charge < -0.3 is 19.9 Å². The number of aliphatic hydroxyl groups is 1. The van der Waals surface area contributed by atoms with Gasteiger partial charge >= 0.3 is 0 Å². The van der Waals surface area contributed by atoms with Crippen LogP contribution in [-0.2, 0) is 13.2 Å². The van der Waals surface area contributed by atoms with Crippen LogP contribution in [0, 0.1) is 5.82 Å². The van der Waals surface area contributed by atoms with Crippen molar-refractivity contribution in [3.63, 3.8) is 0 Å². The Morgan fingerprint density at radius 2 is 1.88 bits per heavy atom. The maximum Gasteiger partial charge on any atom is 0.161 e. The van der Waals surface area contributed by atoms with Crippen LogP contribution >= 0.6 is 0 Å². The quantitative estimate of drug-likeness (QED) is 0.778. The molecule has 0 unspecified atom stereocenters. The van der Waals surface area contributed by atoms with Gasteiger partial charge in [0.05, 0.1) is 13.7 Å². The summed E-state index contributed by atoms with van der Waals surface area (Å²) in [5, 5.41) is 12.5. The van der Waals surface area contributed by atoms with Crippen molar-refractivity contribution in [2.75, 3.05) is 13.7 Å². The largest absolute Gasteiger partial charge is 0.493 e. The molecule has 2 rings (SSSR count). The Labute approximate surface area is 142 Å². The molecule has 130 valence electrons. The van der Waals surface area contributed by atoms with E-state index in [1.165, 1.54) is 6.07 Å². The zero-order valence-electron chi connectivity index (χ0n) is 14.3. The smallest absolute Gasteiger partial charge is 0.161 e. The first-order valence-electron chi connectivity index (χ1n) is 7.84. The molecule has 0 bridgehead atoms. The first-order valence-corrected chi connectivity index (χ1v) is 7.84. The molecule has 2 aromatic rings. The van der Waals surface area contributed by atoms with E-state index >= 15 is 0 Å². The van der Waals surface area contributed by atoms with E-state index in [0.29, 0.717) is 23.6 Å². The maximum atomic E-state index is 13.6. The van der Waals surface area contributed by atoms with Crippen LogP contribution in [0.15, 0.2) is 42.5 Å². The highest BCUT2D eigenvalue weighted by atomic mass is 19.1. The van der Waals surface area contributed by atoms with Gasteiger partial charge in [-0.1, -0.05) is 24.3 Å². The van der Waals surface area contributed by atoms with Gasteiger partial charge in [0.1, 0.15) is 12.4 Å². The van der Waals surface area contributed by atoms with Gasteiger partial charge in [-0.2, -0.15) is 0 Å². The number of hydrogen-bond acceptors (Lipinski definition) is 4. The topological polar surface area (TPSA) is 50.7 Å². The van der Waals surface area contributed by atoms with Gasteiger partial charge in [-0.15, -0.1) is 0 Å². The summed E-state index contributed by atoms with van der Waals surface area (Å²) < 4.78 is 24.7. The lowest BCUT2D eigenvalue weighted by Crippen LogP contribution is -2.42. The summed E-state index contributed by atoms with van der Waals surface area (Å²) in [7, 11) is 1.57. The molecule has 0 atom stereocenters. The lowest BCUT2D eigenvalue weighted by molar-refractivity contribution is 0.187. The van der Waals surface area contributed by atoms with Crippen LogP contribution in [0.4, 0.5) is 4.39 Å². The first-order chi connectivity index (χ1) is 11.4. The summed E-state index contributed by atoms with van der Waals surface area (Å²) in [5.41, 5.74) is 1.15. The minimum absolute atomic E-state index is 0.0496. The SMILES string of the molecule is COc1cc(CNC(C)(C)CO)ccc1OCc1ccccc1F. The van der Waals surface area contributed by atoms with E-state index in [9.17, 15) is 9.50 Å². The van der Waals surface area contributed by atoms with Crippen LogP contribution in [0.5, 0.6) is 11.5 Å². The summed E-state index contributed by atoms with van der Waals surface area (Å²) in [5.74, 6) is 0.863. The van der Waals surface area contributed by atoms with Gasteiger partial charge in [0.25, 0.3) is 0 Å². The second-order valence-corrected chi connectivity index (χ2v) is 6.26. The fourth-order valence-corrected chi connectivity index (χ4v) is 2.11. The molecule has 0 saturated heterocycles. The molecule has 0 aliphatic rings. The van der Waals surface area contributed by atoms with Crippen molar-refractivity contribution in [3.8, 4) is 11.5 Å². The summed E-state index contributed by atoms with van der Waals surface area (Å²) in [6.45, 7) is 4.63. The molecule has 0 aliphatic heterocycles. The van der Waals surface area contributed by atoms with E-state index in [2.05, 4.69) is 5.32 Å². The van der Waals surface area contributed by atoms with Gasteiger partial charge in [-0.05, 0) is 37.6 Å². The molecule has 2 N–H and O–H groups in total. The number of rotatable bonds is 8. The third-order valence-electron chi connectivity index (χ3n) is 3.74. The molecule has 24 heavy (non-hydrogen) atoms. The molecule has 0 aliphatic carbocycles. The van der Waals surface area contributed by atoms with Crippen LogP contribution in [0.2, 0.25) is 0 Å². The van der Waals surface area contributed by atoms with E-state index in [0.717, 1.165) is 5.56 Å². The molecule has 0 aromatic heterocycles. The summed E-state index contributed by atoms with van der Waals surface area (Å²) in [6.07, 6.45) is 0. The second kappa shape index (κ2) is 8.13. The Balaban J connectivity index is 2.05. The molecule has 2 aromatic carbocycles. The van der Waals surface area contributed by atoms with Gasteiger partial charge in [0, 0.05) is 17.6 Å². The zero-order chi connectivity index (χ0) is 17.6. The van der Waals surface area contributed by atoms with Crippen molar-refractivity contribution in [3.05, 3.63) is 59.4 Å². The average molecular weight is 333 g/mol. The van der Waals surface area contributed by atoms with Crippen LogP contribution in [-0.4, -0.2) is 24.4 Å². The number of nitrogens with one attached hydrogen (secondary N) is 1. The molecule has 0 amide bonds. The number of benzene rings is 2. The van der Waals surface area contributed by atoms with Crippen molar-refractivity contribution < 1.29 is 19.0 Å². The highest BCUT2D eigenvalue weighted by molar-refractivity contribution is 5.43. The first kappa shape index (κ1) is 18.2. The normalized spacial score (nSPS) is 11.4. The highest BCUT2D eigenvalue weighted by Crippen LogP contribution is 2.29. The Morgan fingerprint density at radius 3 is 2.54 bits per heavy atom. The monoisotopic (exact) mass is 333 g/mol. The van der Waals surface area contributed by atoms with Crippen molar-refractivity contribution >= 4 is 0 Å². The molecule has 0 fully saturated rings. The summed E-state index contributed by atoms with van der Waals surface area (Å²) in [4.78, 5) is 0. The Hall–Kier alpha value is -2.11. The van der Waals surface area contributed by atoms with Gasteiger partial charge in [-0.25, -0.2) is 4.39 Å². The molecule has 4 nitrogen and oxygen atoms in total. The molecular weight excluding hydrogens is 309 g/mol. The van der Waals surface area contributed by atoms with Crippen LogP contribution in [0.25, 0.3) is 0 Å². The predicted octanol–water partition coefficient (Wildman–Crippen LogP) is 3.27. The van der Waals surface area contributed by atoms with Crippen LogP contribution in [0.1, 0.15) is 25.0 Å². The molecule has 0 heterocycles. The van der Waals surface area contributed by atoms with Crippen LogP contribution < -0.4 is 14.8 Å². The zero-order valence-corrected chi connectivity index (χ0v) is 14.3. The van der Waals surface area contributed by atoms with E-state index < -0.39 is 0 Å².